The number of likely N-dealkylation sites (tertiary alicyclic amines) is 1. The molecule has 21 heavy (non-hydrogen) atoms. The molecule has 0 radical (unpaired) electrons. The number of thiophene rings is 1. The van der Waals surface area contributed by atoms with E-state index in [1.165, 1.54) is 22.7 Å². The van der Waals surface area contributed by atoms with E-state index in [-0.39, 0.29) is 18.4 Å². The minimum absolute atomic E-state index is 0.0230. The Hall–Kier alpha value is -0.950. The highest BCUT2D eigenvalue weighted by atomic mass is 35.5. The van der Waals surface area contributed by atoms with E-state index >= 15 is 0 Å². The average molecular weight is 343 g/mol. The number of hydrogen-bond acceptors (Lipinski definition) is 5. The molecule has 1 N–H and O–H groups in total. The van der Waals surface area contributed by atoms with Gasteiger partial charge >= 0.3 is 0 Å². The van der Waals surface area contributed by atoms with E-state index in [0.29, 0.717) is 18.0 Å². The lowest BCUT2D eigenvalue weighted by molar-refractivity contribution is 0.0785. The van der Waals surface area contributed by atoms with E-state index in [2.05, 4.69) is 4.98 Å². The van der Waals surface area contributed by atoms with Gasteiger partial charge in [0.25, 0.3) is 5.91 Å². The quantitative estimate of drug-likeness (QED) is 0.931. The Labute approximate surface area is 136 Å². The molecule has 1 aliphatic heterocycles. The number of halogens is 1. The molecule has 1 amide bonds. The number of aliphatic hydroxyl groups excluding tert-OH is 1. The molecule has 1 unspecified atom stereocenters. The van der Waals surface area contributed by atoms with Gasteiger partial charge in [0.1, 0.15) is 9.88 Å². The van der Waals surface area contributed by atoms with Crippen molar-refractivity contribution >= 4 is 40.2 Å². The molecule has 1 saturated heterocycles. The molecule has 1 fully saturated rings. The second-order valence-corrected chi connectivity index (χ2v) is 7.84. The highest BCUT2D eigenvalue weighted by Crippen LogP contribution is 2.35. The van der Waals surface area contributed by atoms with Crippen LogP contribution >= 0.6 is 34.3 Å². The lowest BCUT2D eigenvalue weighted by Gasteiger charge is -2.15. The lowest BCUT2D eigenvalue weighted by Crippen LogP contribution is -2.29. The number of nitrogens with zero attached hydrogens (tertiary/aromatic N) is 2. The van der Waals surface area contributed by atoms with Gasteiger partial charge in [0.15, 0.2) is 0 Å². The van der Waals surface area contributed by atoms with Gasteiger partial charge in [0.05, 0.1) is 14.9 Å². The third kappa shape index (κ3) is 2.99. The van der Waals surface area contributed by atoms with E-state index < -0.39 is 0 Å². The highest BCUT2D eigenvalue weighted by molar-refractivity contribution is 7.24. The van der Waals surface area contributed by atoms with Crippen LogP contribution in [0.2, 0.25) is 4.34 Å². The Morgan fingerprint density at radius 1 is 1.52 bits per heavy atom. The molecule has 7 heteroatoms. The Kier molecular flexibility index (Phi) is 4.31. The molecule has 1 aliphatic rings. The summed E-state index contributed by atoms with van der Waals surface area (Å²) >= 11 is 8.83. The van der Waals surface area contributed by atoms with Crippen LogP contribution < -0.4 is 0 Å². The van der Waals surface area contributed by atoms with E-state index in [1.807, 2.05) is 24.0 Å². The van der Waals surface area contributed by atoms with Crippen molar-refractivity contribution in [2.45, 2.75) is 13.3 Å². The SMILES string of the molecule is Cc1nc(-c2ccc(Cl)s2)sc1C(=O)N1CCC(CO)C1. The predicted molar refractivity (Wildman–Crippen MR) is 86.3 cm³/mol. The first-order valence-corrected chi connectivity index (χ1v) is 8.73. The Morgan fingerprint density at radius 2 is 2.33 bits per heavy atom. The van der Waals surface area contributed by atoms with E-state index in [4.69, 9.17) is 11.6 Å². The van der Waals surface area contributed by atoms with Crippen LogP contribution in [0.5, 0.6) is 0 Å². The first-order chi connectivity index (χ1) is 10.1. The number of hydrogen-bond donors (Lipinski definition) is 1. The van der Waals surface area contributed by atoms with E-state index in [9.17, 15) is 9.90 Å². The number of aliphatic hydroxyl groups is 1. The van der Waals surface area contributed by atoms with Crippen molar-refractivity contribution < 1.29 is 9.90 Å². The number of thiazole rings is 1. The number of aryl methyl sites for hydroxylation is 1. The van der Waals surface area contributed by atoms with Crippen molar-refractivity contribution in [1.82, 2.24) is 9.88 Å². The summed E-state index contributed by atoms with van der Waals surface area (Å²) in [5.74, 6) is 0.229. The summed E-state index contributed by atoms with van der Waals surface area (Å²) in [6.45, 7) is 3.35. The number of aromatic nitrogens is 1. The molecule has 3 heterocycles. The van der Waals surface area contributed by atoms with Gasteiger partial charge in [-0.1, -0.05) is 11.6 Å². The molecule has 0 aliphatic carbocycles. The van der Waals surface area contributed by atoms with Gasteiger partial charge in [0.2, 0.25) is 0 Å². The van der Waals surface area contributed by atoms with Crippen molar-refractivity contribution in [3.8, 4) is 9.88 Å². The summed E-state index contributed by atoms with van der Waals surface area (Å²) in [6.07, 6.45) is 0.869. The summed E-state index contributed by atoms with van der Waals surface area (Å²) in [5.41, 5.74) is 0.761. The maximum absolute atomic E-state index is 12.6. The zero-order valence-corrected chi connectivity index (χ0v) is 13.9. The zero-order valence-electron chi connectivity index (χ0n) is 11.5. The molecule has 0 bridgehead atoms. The fraction of sp³-hybridized carbons (Fsp3) is 0.429. The summed E-state index contributed by atoms with van der Waals surface area (Å²) in [6, 6.07) is 3.77. The summed E-state index contributed by atoms with van der Waals surface area (Å²) in [5, 5.41) is 10.0. The first-order valence-electron chi connectivity index (χ1n) is 6.71. The molecule has 0 spiro atoms. The Morgan fingerprint density at radius 3 is 2.95 bits per heavy atom. The third-order valence-electron chi connectivity index (χ3n) is 3.61. The molecular formula is C14H15ClN2O2S2. The van der Waals surface area contributed by atoms with Crippen molar-refractivity contribution in [2.75, 3.05) is 19.7 Å². The van der Waals surface area contributed by atoms with Crippen LogP contribution in [-0.2, 0) is 0 Å². The number of amides is 1. The first kappa shape index (κ1) is 15.0. The van der Waals surface area contributed by atoms with Crippen LogP contribution in [0.4, 0.5) is 0 Å². The minimum Gasteiger partial charge on any atom is -0.396 e. The Bertz CT molecular complexity index is 668. The van der Waals surface area contributed by atoms with Crippen molar-refractivity contribution in [3.63, 3.8) is 0 Å². The molecule has 0 saturated carbocycles. The van der Waals surface area contributed by atoms with Crippen molar-refractivity contribution in [2.24, 2.45) is 5.92 Å². The molecule has 4 nitrogen and oxygen atoms in total. The molecular weight excluding hydrogens is 328 g/mol. The number of rotatable bonds is 3. The minimum atomic E-state index is 0.0230. The van der Waals surface area contributed by atoms with Gasteiger partial charge in [-0.05, 0) is 25.5 Å². The normalized spacial score (nSPS) is 18.4. The molecule has 2 aromatic heterocycles. The van der Waals surface area contributed by atoms with Gasteiger partial charge in [-0.25, -0.2) is 4.98 Å². The molecule has 2 aromatic rings. The van der Waals surface area contributed by atoms with Gasteiger partial charge < -0.3 is 10.0 Å². The van der Waals surface area contributed by atoms with Gasteiger partial charge in [0, 0.05) is 25.6 Å². The molecule has 3 rings (SSSR count). The standard InChI is InChI=1S/C14H15ClN2O2S2/c1-8-12(14(19)17-5-4-9(6-17)7-18)21-13(16-8)10-2-3-11(15)20-10/h2-3,9,18H,4-7H2,1H3. The highest BCUT2D eigenvalue weighted by Gasteiger charge is 2.29. The van der Waals surface area contributed by atoms with Crippen LogP contribution in [0.25, 0.3) is 9.88 Å². The maximum Gasteiger partial charge on any atom is 0.265 e. The van der Waals surface area contributed by atoms with Crippen LogP contribution in [0.3, 0.4) is 0 Å². The summed E-state index contributed by atoms with van der Waals surface area (Å²) in [4.78, 5) is 20.6. The van der Waals surface area contributed by atoms with Crippen LogP contribution in [-0.4, -0.2) is 40.6 Å². The van der Waals surface area contributed by atoms with Crippen LogP contribution in [0.1, 0.15) is 21.8 Å². The Balaban J connectivity index is 1.83. The maximum atomic E-state index is 12.6. The van der Waals surface area contributed by atoms with E-state index in [1.54, 1.807) is 0 Å². The third-order valence-corrected chi connectivity index (χ3v) is 6.15. The van der Waals surface area contributed by atoms with Gasteiger partial charge in [-0.2, -0.15) is 0 Å². The second kappa shape index (κ2) is 6.04. The summed E-state index contributed by atoms with van der Waals surface area (Å²) < 4.78 is 0.719. The topological polar surface area (TPSA) is 53.4 Å². The largest absolute Gasteiger partial charge is 0.396 e. The van der Waals surface area contributed by atoms with Crippen molar-refractivity contribution in [1.29, 1.82) is 0 Å². The number of carbonyl (C=O) groups is 1. The van der Waals surface area contributed by atoms with Crippen LogP contribution in [0, 0.1) is 12.8 Å². The molecule has 0 aromatic carbocycles. The smallest absolute Gasteiger partial charge is 0.265 e. The monoisotopic (exact) mass is 342 g/mol. The van der Waals surface area contributed by atoms with E-state index in [0.717, 1.165) is 26.3 Å². The second-order valence-electron chi connectivity index (χ2n) is 5.13. The van der Waals surface area contributed by atoms with Gasteiger partial charge in [-0.15, -0.1) is 22.7 Å². The lowest BCUT2D eigenvalue weighted by atomic mass is 10.1. The van der Waals surface area contributed by atoms with Gasteiger partial charge in [-0.3, -0.25) is 4.79 Å². The average Bonchev–Trinajstić information content (AvgIpc) is 3.17. The fourth-order valence-electron chi connectivity index (χ4n) is 2.44. The predicted octanol–water partition coefficient (Wildman–Crippen LogP) is 3.29. The summed E-state index contributed by atoms with van der Waals surface area (Å²) in [7, 11) is 0. The zero-order chi connectivity index (χ0) is 15.0. The molecule has 112 valence electrons. The van der Waals surface area contributed by atoms with Crippen LogP contribution in [0.15, 0.2) is 12.1 Å². The number of carbonyl (C=O) groups excluding carboxylic acids is 1. The fourth-order valence-corrected chi connectivity index (χ4v) is 4.57. The molecule has 1 atom stereocenters. The van der Waals surface area contributed by atoms with Crippen molar-refractivity contribution in [3.05, 3.63) is 27.0 Å².